The van der Waals surface area contributed by atoms with Crippen molar-refractivity contribution in [2.75, 3.05) is 18.0 Å². The van der Waals surface area contributed by atoms with Gasteiger partial charge >= 0.3 is 0 Å². The van der Waals surface area contributed by atoms with Crippen molar-refractivity contribution >= 4 is 11.4 Å². The summed E-state index contributed by atoms with van der Waals surface area (Å²) in [5.41, 5.74) is 1.99. The molecule has 1 aromatic carbocycles. The van der Waals surface area contributed by atoms with E-state index >= 15 is 0 Å². The Hall–Kier alpha value is -1.49. The molecule has 0 radical (unpaired) electrons. The lowest BCUT2D eigenvalue weighted by molar-refractivity contribution is 0.578. The van der Waals surface area contributed by atoms with E-state index in [1.54, 1.807) is 0 Å². The minimum Gasteiger partial charge on any atom is -0.372 e. The molecule has 0 amide bonds. The van der Waals surface area contributed by atoms with Crippen molar-refractivity contribution in [2.45, 2.75) is 19.3 Å². The van der Waals surface area contributed by atoms with E-state index in [1.807, 2.05) is 12.1 Å². The average Bonchev–Trinajstić information content (AvgIpc) is 2.30. The second-order valence-electron chi connectivity index (χ2n) is 3.68. The Morgan fingerprint density at radius 2 is 1.64 bits per heavy atom. The normalized spacial score (nSPS) is 16.4. The maximum absolute atomic E-state index is 6.87. The Balaban J connectivity index is 2.12. The summed E-state index contributed by atoms with van der Waals surface area (Å²) in [6.45, 7) is 9.20. The number of hydrogen-bond acceptors (Lipinski definition) is 1. The molecule has 1 fully saturated rings. The molecule has 1 aliphatic rings. The lowest BCUT2D eigenvalue weighted by atomic mass is 10.1. The van der Waals surface area contributed by atoms with E-state index in [0.29, 0.717) is 0 Å². The molecule has 0 N–H and O–H groups in total. The molecular weight excluding hydrogens is 172 g/mol. The minimum atomic E-state index is 0.728. The van der Waals surface area contributed by atoms with Gasteiger partial charge in [0.1, 0.15) is 0 Å². The molecule has 0 bridgehead atoms. The molecule has 14 heavy (non-hydrogen) atoms. The van der Waals surface area contributed by atoms with E-state index in [9.17, 15) is 0 Å². The van der Waals surface area contributed by atoms with Crippen molar-refractivity contribution in [3.63, 3.8) is 0 Å². The van der Waals surface area contributed by atoms with Crippen LogP contribution < -0.4 is 4.90 Å². The van der Waals surface area contributed by atoms with Crippen molar-refractivity contribution in [3.8, 4) is 0 Å². The van der Waals surface area contributed by atoms with Crippen molar-refractivity contribution in [1.29, 1.82) is 0 Å². The lowest BCUT2D eigenvalue weighted by Gasteiger charge is -2.28. The van der Waals surface area contributed by atoms with Crippen molar-refractivity contribution in [2.24, 2.45) is 0 Å². The molecule has 0 aromatic heterocycles. The van der Waals surface area contributed by atoms with Crippen molar-refractivity contribution < 1.29 is 0 Å². The summed E-state index contributed by atoms with van der Waals surface area (Å²) in [6, 6.07) is 7.91. The third-order valence-electron chi connectivity index (χ3n) is 2.70. The van der Waals surface area contributed by atoms with Crippen LogP contribution in [0.2, 0.25) is 0 Å². The Labute approximate surface area is 85.0 Å². The monoisotopic (exact) mass is 186 g/mol. The van der Waals surface area contributed by atoms with Gasteiger partial charge < -0.3 is 4.90 Å². The zero-order chi connectivity index (χ0) is 9.80. The Morgan fingerprint density at radius 3 is 2.21 bits per heavy atom. The van der Waals surface area contributed by atoms with Crippen LogP contribution in [0, 0.1) is 6.57 Å². The van der Waals surface area contributed by atoms with Crippen molar-refractivity contribution in [3.05, 3.63) is 35.7 Å². The quantitative estimate of drug-likeness (QED) is 0.611. The second kappa shape index (κ2) is 4.15. The van der Waals surface area contributed by atoms with Crippen molar-refractivity contribution in [1.82, 2.24) is 0 Å². The second-order valence-corrected chi connectivity index (χ2v) is 3.68. The Bertz CT molecular complexity index is 328. The molecule has 0 spiro atoms. The predicted molar refractivity (Wildman–Crippen MR) is 58.8 cm³/mol. The van der Waals surface area contributed by atoms with E-state index in [2.05, 4.69) is 21.9 Å². The van der Waals surface area contributed by atoms with Crippen LogP contribution >= 0.6 is 0 Å². The van der Waals surface area contributed by atoms with Crippen LogP contribution in [0.15, 0.2) is 24.3 Å². The van der Waals surface area contributed by atoms with Gasteiger partial charge in [0.15, 0.2) is 5.69 Å². The number of piperidine rings is 1. The average molecular weight is 186 g/mol. The summed E-state index contributed by atoms with van der Waals surface area (Å²) < 4.78 is 0. The molecule has 72 valence electrons. The first kappa shape index (κ1) is 9.08. The smallest absolute Gasteiger partial charge is 0.187 e. The lowest BCUT2D eigenvalue weighted by Crippen LogP contribution is -2.29. The number of nitrogens with zero attached hydrogens (tertiary/aromatic N) is 2. The van der Waals surface area contributed by atoms with Gasteiger partial charge in [0.05, 0.1) is 6.57 Å². The van der Waals surface area contributed by atoms with E-state index in [0.717, 1.165) is 18.8 Å². The van der Waals surface area contributed by atoms with Gasteiger partial charge in [-0.15, -0.1) is 0 Å². The fourth-order valence-electron chi connectivity index (χ4n) is 1.89. The molecule has 2 rings (SSSR count). The molecule has 2 nitrogen and oxygen atoms in total. The first-order valence-electron chi connectivity index (χ1n) is 5.12. The van der Waals surface area contributed by atoms with Crippen LogP contribution in [-0.4, -0.2) is 13.1 Å². The van der Waals surface area contributed by atoms with Gasteiger partial charge in [0.2, 0.25) is 0 Å². The molecule has 2 heteroatoms. The molecule has 0 unspecified atom stereocenters. The number of benzene rings is 1. The zero-order valence-electron chi connectivity index (χ0n) is 8.24. The van der Waals surface area contributed by atoms with Gasteiger partial charge in [0, 0.05) is 18.8 Å². The molecule has 1 aromatic rings. The number of rotatable bonds is 1. The molecule has 1 saturated heterocycles. The maximum atomic E-state index is 6.87. The summed E-state index contributed by atoms with van der Waals surface area (Å²) in [5.74, 6) is 0. The number of anilines is 1. The Morgan fingerprint density at radius 1 is 1.00 bits per heavy atom. The third-order valence-corrected chi connectivity index (χ3v) is 2.70. The fraction of sp³-hybridized carbons (Fsp3) is 0.417. The van der Waals surface area contributed by atoms with Crippen LogP contribution in [0.4, 0.5) is 11.4 Å². The highest BCUT2D eigenvalue weighted by molar-refractivity contribution is 5.55. The van der Waals surface area contributed by atoms with Gasteiger partial charge in [0.25, 0.3) is 0 Å². The van der Waals surface area contributed by atoms with Gasteiger partial charge in [-0.25, -0.2) is 4.85 Å². The predicted octanol–water partition coefficient (Wildman–Crippen LogP) is 3.23. The van der Waals surface area contributed by atoms with Crippen LogP contribution in [0.1, 0.15) is 19.3 Å². The van der Waals surface area contributed by atoms with Gasteiger partial charge in [-0.2, -0.15) is 0 Å². The number of hydrogen-bond donors (Lipinski definition) is 0. The summed E-state index contributed by atoms with van der Waals surface area (Å²) in [6.07, 6.45) is 3.95. The fourth-order valence-corrected chi connectivity index (χ4v) is 1.89. The highest BCUT2D eigenvalue weighted by atomic mass is 15.1. The topological polar surface area (TPSA) is 7.60 Å². The van der Waals surface area contributed by atoms with E-state index in [4.69, 9.17) is 6.57 Å². The summed E-state index contributed by atoms with van der Waals surface area (Å²) in [5, 5.41) is 0. The third kappa shape index (κ3) is 1.88. The van der Waals surface area contributed by atoms with E-state index < -0.39 is 0 Å². The molecular formula is C12H14N2. The summed E-state index contributed by atoms with van der Waals surface area (Å²) in [7, 11) is 0. The van der Waals surface area contributed by atoms with E-state index in [1.165, 1.54) is 24.9 Å². The largest absolute Gasteiger partial charge is 0.372 e. The first-order valence-corrected chi connectivity index (χ1v) is 5.12. The van der Waals surface area contributed by atoms with Gasteiger partial charge in [-0.3, -0.25) is 0 Å². The zero-order valence-corrected chi connectivity index (χ0v) is 8.24. The molecule has 0 aliphatic carbocycles. The Kier molecular flexibility index (Phi) is 2.69. The molecule has 1 heterocycles. The summed E-state index contributed by atoms with van der Waals surface area (Å²) >= 11 is 0. The van der Waals surface area contributed by atoms with Crippen LogP contribution in [-0.2, 0) is 0 Å². The van der Waals surface area contributed by atoms with Gasteiger partial charge in [-0.05, 0) is 31.4 Å². The highest BCUT2D eigenvalue weighted by Crippen LogP contribution is 2.22. The van der Waals surface area contributed by atoms with Crippen LogP contribution in [0.5, 0.6) is 0 Å². The first-order chi connectivity index (χ1) is 6.90. The van der Waals surface area contributed by atoms with Crippen LogP contribution in [0.3, 0.4) is 0 Å². The summed E-state index contributed by atoms with van der Waals surface area (Å²) in [4.78, 5) is 5.79. The standard InChI is InChI=1S/C12H14N2/c1-13-11-5-7-12(8-6-11)14-9-3-2-4-10-14/h5-8H,2-4,9-10H2. The maximum Gasteiger partial charge on any atom is 0.187 e. The van der Waals surface area contributed by atoms with Gasteiger partial charge in [-0.1, -0.05) is 12.1 Å². The molecule has 0 saturated carbocycles. The SMILES string of the molecule is [C-]#[N+]c1ccc(N2CCCCC2)cc1. The van der Waals surface area contributed by atoms with Crippen LogP contribution in [0.25, 0.3) is 4.85 Å². The minimum absolute atomic E-state index is 0.728. The molecule has 0 atom stereocenters. The highest BCUT2D eigenvalue weighted by Gasteiger charge is 2.09. The van der Waals surface area contributed by atoms with E-state index in [-0.39, 0.29) is 0 Å². The molecule has 1 aliphatic heterocycles.